The fourth-order valence-electron chi connectivity index (χ4n) is 5.74. The van der Waals surface area contributed by atoms with E-state index in [1.54, 1.807) is 0 Å². The molecule has 1 aliphatic heterocycles. The molecule has 5 aromatic carbocycles. The van der Waals surface area contributed by atoms with Crippen LogP contribution in [-0.2, 0) is 23.3 Å². The molecule has 0 spiro atoms. The van der Waals surface area contributed by atoms with Crippen molar-refractivity contribution >= 4 is 48.2 Å². The molecule has 0 amide bonds. The Balaban J connectivity index is 0.000000409. The first-order chi connectivity index (χ1) is 20.5. The maximum atomic E-state index is 3.53. The third-order valence-corrected chi connectivity index (χ3v) is 7.74. The maximum absolute atomic E-state index is 3.53. The fourth-order valence-corrected chi connectivity index (χ4v) is 5.74. The van der Waals surface area contributed by atoms with Crippen molar-refractivity contribution in [3.8, 4) is 22.3 Å². The number of aryl methyl sites for hydroxylation is 1. The van der Waals surface area contributed by atoms with E-state index in [2.05, 4.69) is 173 Å². The van der Waals surface area contributed by atoms with Crippen LogP contribution in [0, 0.1) is 33.8 Å². The second-order valence-electron chi connectivity index (χ2n) is 11.1. The summed E-state index contributed by atoms with van der Waals surface area (Å²) in [7, 11) is 0. The molecule has 7 rings (SSSR count). The molecule has 46 heavy (non-hydrogen) atoms. The Morgan fingerprint density at radius 2 is 1.30 bits per heavy atom. The Morgan fingerprint density at radius 1 is 0.761 bits per heavy atom. The van der Waals surface area contributed by atoms with E-state index in [1.807, 2.05) is 0 Å². The van der Waals surface area contributed by atoms with Crippen LogP contribution in [-0.4, -0.2) is 12.9 Å². The molecular weight excluding hydrogens is 697 g/mol. The molecule has 0 aromatic heterocycles. The van der Waals surface area contributed by atoms with E-state index in [-0.39, 0.29) is 39.7 Å². The normalized spacial score (nSPS) is 13.9. The molecule has 0 fully saturated rings. The third kappa shape index (κ3) is 9.17. The van der Waals surface area contributed by atoms with E-state index in [9.17, 15) is 0 Å². The number of nitrogens with zero attached hydrogens (tertiary/aromatic N) is 1. The van der Waals surface area contributed by atoms with Gasteiger partial charge in [-0.1, -0.05) is 123 Å². The van der Waals surface area contributed by atoms with Crippen molar-refractivity contribution in [2.45, 2.75) is 33.7 Å². The zero-order valence-corrected chi connectivity index (χ0v) is 32.6. The molecule has 0 saturated heterocycles. The van der Waals surface area contributed by atoms with Crippen molar-refractivity contribution in [1.82, 2.24) is 0 Å². The van der Waals surface area contributed by atoms with Gasteiger partial charge >= 0.3 is 30.2 Å². The van der Waals surface area contributed by atoms with Gasteiger partial charge in [-0.2, -0.15) is 6.07 Å². The van der Waals surface area contributed by atoms with Gasteiger partial charge in [0, 0.05) is 11.7 Å². The summed E-state index contributed by atoms with van der Waals surface area (Å²) < 4.78 is 0. The van der Waals surface area contributed by atoms with Crippen LogP contribution in [0.3, 0.4) is 0 Å². The first kappa shape index (κ1) is 41.2. The number of allylic oxidation sites excluding steroid dienone is 3. The molecule has 1 nitrogen and oxygen atoms in total. The van der Waals surface area contributed by atoms with Crippen molar-refractivity contribution in [2.24, 2.45) is 5.92 Å². The van der Waals surface area contributed by atoms with Gasteiger partial charge in [0.25, 0.3) is 0 Å². The summed E-state index contributed by atoms with van der Waals surface area (Å²) >= 11 is 1.36. The molecule has 0 N–H and O–H groups in total. The average Bonchev–Trinajstić information content (AvgIpc) is 3.70. The first-order valence-electron chi connectivity index (χ1n) is 14.5. The van der Waals surface area contributed by atoms with Crippen LogP contribution in [0.5, 0.6) is 0 Å². The van der Waals surface area contributed by atoms with Crippen LogP contribution in [0.15, 0.2) is 144 Å². The van der Waals surface area contributed by atoms with Crippen molar-refractivity contribution < 1.29 is 23.3 Å². The monoisotopic (exact) mass is 737 g/mol. The van der Waals surface area contributed by atoms with Gasteiger partial charge in [0.1, 0.15) is 0 Å². The predicted molar refractivity (Wildman–Crippen MR) is 204 cm³/mol. The van der Waals surface area contributed by atoms with Gasteiger partial charge in [0.2, 0.25) is 0 Å². The first-order valence-corrected chi connectivity index (χ1v) is 18.7. The SMILES string of the molecule is CC(C)C1=[C-]C2=CC(C)N(c3ccccc3)C2=C1.Cc1cc2c(-c3ccccc3)cc(-c3ccccc3)cc2[cH-]1.Cl.Cl.[CH3-].[CH3-].[Si]=[Zr]. The molecule has 5 aromatic rings. The second-order valence-corrected chi connectivity index (χ2v) is 11.1. The van der Waals surface area contributed by atoms with Gasteiger partial charge in [-0.15, -0.1) is 82.7 Å². The summed E-state index contributed by atoms with van der Waals surface area (Å²) in [6.45, 7) is 11.9. The third-order valence-electron chi connectivity index (χ3n) is 7.74. The van der Waals surface area contributed by atoms with E-state index in [4.69, 9.17) is 0 Å². The van der Waals surface area contributed by atoms with Crippen molar-refractivity contribution in [1.29, 1.82) is 0 Å². The Morgan fingerprint density at radius 3 is 1.87 bits per heavy atom. The molecule has 0 bridgehead atoms. The Hall–Kier alpha value is -2.81. The predicted octanol–water partition coefficient (Wildman–Crippen LogP) is 11.7. The average molecular weight is 740 g/mol. The summed E-state index contributed by atoms with van der Waals surface area (Å²) in [5.74, 6) is 0.539. The number of para-hydroxylation sites is 1. The van der Waals surface area contributed by atoms with Crippen LogP contribution in [0.25, 0.3) is 33.0 Å². The van der Waals surface area contributed by atoms with Crippen LogP contribution >= 0.6 is 24.8 Å². The molecule has 2 aliphatic rings. The summed E-state index contributed by atoms with van der Waals surface area (Å²) in [5, 5.41) is 2.65. The molecule has 1 unspecified atom stereocenters. The number of fused-ring (bicyclic) bond motifs is 2. The Kier molecular flexibility index (Phi) is 17.1. The molecule has 5 heteroatoms. The van der Waals surface area contributed by atoms with Crippen LogP contribution in [0.1, 0.15) is 26.3 Å². The molecule has 2 radical (unpaired) electrons. The summed E-state index contributed by atoms with van der Waals surface area (Å²) in [5.41, 5.74) is 11.6. The van der Waals surface area contributed by atoms with Gasteiger partial charge in [0.05, 0.1) is 0 Å². The Labute approximate surface area is 306 Å². The van der Waals surface area contributed by atoms with Crippen molar-refractivity contribution in [2.75, 3.05) is 4.90 Å². The number of anilines is 1. The number of hydrogen-bond acceptors (Lipinski definition) is 1. The quantitative estimate of drug-likeness (QED) is 0.131. The molecule has 238 valence electrons. The molecule has 1 aliphatic carbocycles. The number of rotatable bonds is 4. The summed E-state index contributed by atoms with van der Waals surface area (Å²) in [6.07, 6.45) is 8.11. The molecule has 1 atom stereocenters. The van der Waals surface area contributed by atoms with Crippen LogP contribution in [0.2, 0.25) is 0 Å². The number of hydrogen-bond donors (Lipinski definition) is 0. The minimum absolute atomic E-state index is 0. The topological polar surface area (TPSA) is 3.24 Å². The number of halogens is 2. The van der Waals surface area contributed by atoms with Gasteiger partial charge in [0.15, 0.2) is 0 Å². The van der Waals surface area contributed by atoms with E-state index < -0.39 is 0 Å². The van der Waals surface area contributed by atoms with Crippen molar-refractivity contribution in [3.63, 3.8) is 0 Å². The molecule has 1 heterocycles. The van der Waals surface area contributed by atoms with Crippen molar-refractivity contribution in [3.05, 3.63) is 171 Å². The van der Waals surface area contributed by atoms with Gasteiger partial charge < -0.3 is 19.8 Å². The Bertz CT molecular complexity index is 1760. The summed E-state index contributed by atoms with van der Waals surface area (Å²) in [6, 6.07) is 41.4. The fraction of sp³-hybridized carbons (Fsp3) is 0.146. The van der Waals surface area contributed by atoms with Gasteiger partial charge in [-0.25, -0.2) is 0 Å². The molecular formula is C41H43Cl2NSiZr-4. The molecule has 0 saturated carbocycles. The van der Waals surface area contributed by atoms with Crippen LogP contribution in [0.4, 0.5) is 5.69 Å². The second kappa shape index (κ2) is 19.1. The van der Waals surface area contributed by atoms with E-state index in [1.165, 1.54) is 84.5 Å². The number of benzene rings is 4. The minimum atomic E-state index is 0. The van der Waals surface area contributed by atoms with Crippen LogP contribution < -0.4 is 4.90 Å². The standard InChI is InChI=1S/C22H17.C17H18N.2CH3.2ClH.Si.Zr/c1-16-12-20-14-19(17-8-4-2-5-9-17)15-22(21(20)13-16)18-10-6-3-7-11-18;1-12(2)14-10-15-9-13(3)18(17(15)11-14)16-7-5-4-6-8-16;;;;;;/h2-15H,1H3;4-9,11-13H,1-3H3;2*1H3;2*1H;;/q4*-1;;;;. The van der Waals surface area contributed by atoms with Gasteiger partial charge in [-0.05, 0) is 36.1 Å². The van der Waals surface area contributed by atoms with E-state index in [0.717, 1.165) is 0 Å². The zero-order chi connectivity index (χ0) is 29.6. The zero-order valence-electron chi connectivity index (χ0n) is 27.5. The summed E-state index contributed by atoms with van der Waals surface area (Å²) in [4.78, 5) is 2.39. The van der Waals surface area contributed by atoms with Gasteiger partial charge in [-0.3, -0.25) is 0 Å². The van der Waals surface area contributed by atoms with E-state index >= 15 is 0 Å². The van der Waals surface area contributed by atoms with E-state index in [0.29, 0.717) is 12.0 Å².